The van der Waals surface area contributed by atoms with Crippen molar-refractivity contribution in [1.29, 1.82) is 0 Å². The van der Waals surface area contributed by atoms with Gasteiger partial charge < -0.3 is 10.2 Å². The number of hydrogen-bond donors (Lipinski definition) is 1. The van der Waals surface area contributed by atoms with E-state index in [1.54, 1.807) is 30.6 Å². The SMILES string of the molecule is C[C@@H]1CCCN(C(=O)c2ccccc2-c2ncccn2)C1CNc1ncc(C(F)(F)F)cn1. The van der Waals surface area contributed by atoms with E-state index < -0.39 is 11.7 Å². The van der Waals surface area contributed by atoms with E-state index in [1.165, 1.54) is 0 Å². The highest BCUT2D eigenvalue weighted by Gasteiger charge is 2.34. The Kier molecular flexibility index (Phi) is 6.52. The summed E-state index contributed by atoms with van der Waals surface area (Å²) in [5.41, 5.74) is 0.253. The molecule has 2 atom stereocenters. The first-order valence-electron chi connectivity index (χ1n) is 10.6. The lowest BCUT2D eigenvalue weighted by atomic mass is 9.89. The molecule has 4 rings (SSSR count). The van der Waals surface area contributed by atoms with Crippen molar-refractivity contribution in [1.82, 2.24) is 24.8 Å². The lowest BCUT2D eigenvalue weighted by molar-refractivity contribution is -0.138. The van der Waals surface area contributed by atoms with E-state index >= 15 is 0 Å². The number of carbonyl (C=O) groups excluding carboxylic acids is 1. The molecule has 3 aromatic rings. The molecule has 33 heavy (non-hydrogen) atoms. The van der Waals surface area contributed by atoms with Crippen LogP contribution in [0.2, 0.25) is 0 Å². The van der Waals surface area contributed by atoms with Gasteiger partial charge in [-0.3, -0.25) is 4.79 Å². The quantitative estimate of drug-likeness (QED) is 0.616. The van der Waals surface area contributed by atoms with E-state index in [9.17, 15) is 18.0 Å². The molecular formula is C23H23F3N6O. The summed E-state index contributed by atoms with van der Waals surface area (Å²) in [5, 5.41) is 3.00. The Morgan fingerprint density at radius 3 is 2.48 bits per heavy atom. The van der Waals surface area contributed by atoms with Crippen LogP contribution in [0.15, 0.2) is 55.1 Å². The first-order valence-corrected chi connectivity index (χ1v) is 10.6. The molecule has 1 aliphatic rings. The maximum atomic E-state index is 13.6. The number of carbonyl (C=O) groups is 1. The minimum Gasteiger partial charge on any atom is -0.352 e. The Bertz CT molecular complexity index is 1090. The van der Waals surface area contributed by atoms with E-state index in [2.05, 4.69) is 32.2 Å². The number of aromatic nitrogens is 4. The van der Waals surface area contributed by atoms with Crippen LogP contribution < -0.4 is 5.32 Å². The van der Waals surface area contributed by atoms with E-state index in [4.69, 9.17) is 0 Å². The molecule has 1 fully saturated rings. The van der Waals surface area contributed by atoms with Crippen LogP contribution in [0.1, 0.15) is 35.7 Å². The van der Waals surface area contributed by atoms with Gasteiger partial charge in [0.1, 0.15) is 0 Å². The molecule has 1 N–H and O–H groups in total. The van der Waals surface area contributed by atoms with Crippen LogP contribution in [0.5, 0.6) is 0 Å². The van der Waals surface area contributed by atoms with Crippen molar-refractivity contribution < 1.29 is 18.0 Å². The molecule has 1 aliphatic heterocycles. The zero-order chi connectivity index (χ0) is 23.4. The van der Waals surface area contributed by atoms with Gasteiger partial charge in [-0.2, -0.15) is 13.2 Å². The zero-order valence-electron chi connectivity index (χ0n) is 18.0. The smallest absolute Gasteiger partial charge is 0.352 e. The lowest BCUT2D eigenvalue weighted by Crippen LogP contribution is -2.51. The molecule has 10 heteroatoms. The van der Waals surface area contributed by atoms with E-state index in [0.29, 0.717) is 30.0 Å². The molecule has 0 aliphatic carbocycles. The van der Waals surface area contributed by atoms with Gasteiger partial charge in [-0.15, -0.1) is 0 Å². The van der Waals surface area contributed by atoms with Gasteiger partial charge >= 0.3 is 6.18 Å². The number of piperidine rings is 1. The lowest BCUT2D eigenvalue weighted by Gasteiger charge is -2.40. The van der Waals surface area contributed by atoms with Crippen molar-refractivity contribution >= 4 is 11.9 Å². The van der Waals surface area contributed by atoms with Gasteiger partial charge in [0.05, 0.1) is 17.2 Å². The normalized spacial score (nSPS) is 18.7. The molecule has 2 aromatic heterocycles. The number of halogens is 3. The second kappa shape index (κ2) is 9.51. The van der Waals surface area contributed by atoms with Crippen molar-refractivity contribution in [2.24, 2.45) is 5.92 Å². The highest BCUT2D eigenvalue weighted by molar-refractivity contribution is 6.00. The van der Waals surface area contributed by atoms with Crippen molar-refractivity contribution in [2.75, 3.05) is 18.4 Å². The summed E-state index contributed by atoms with van der Waals surface area (Å²) >= 11 is 0. The Morgan fingerprint density at radius 2 is 1.79 bits per heavy atom. The molecular weight excluding hydrogens is 433 g/mol. The topological polar surface area (TPSA) is 83.9 Å². The molecule has 1 unspecified atom stereocenters. The largest absolute Gasteiger partial charge is 0.419 e. The minimum absolute atomic E-state index is 0.0891. The van der Waals surface area contributed by atoms with Gasteiger partial charge in [0.25, 0.3) is 5.91 Å². The average Bonchev–Trinajstić information content (AvgIpc) is 2.83. The fourth-order valence-electron chi connectivity index (χ4n) is 4.03. The summed E-state index contributed by atoms with van der Waals surface area (Å²) in [7, 11) is 0. The summed E-state index contributed by atoms with van der Waals surface area (Å²) < 4.78 is 38.3. The van der Waals surface area contributed by atoms with Gasteiger partial charge in [0.2, 0.25) is 5.95 Å². The van der Waals surface area contributed by atoms with E-state index in [1.807, 2.05) is 17.0 Å². The van der Waals surface area contributed by atoms with Gasteiger partial charge in [0, 0.05) is 43.4 Å². The number of nitrogens with zero attached hydrogens (tertiary/aromatic N) is 5. The molecule has 172 valence electrons. The van der Waals surface area contributed by atoms with Crippen LogP contribution in [-0.4, -0.2) is 49.9 Å². The molecule has 1 aromatic carbocycles. The number of alkyl halides is 3. The number of benzene rings is 1. The number of hydrogen-bond acceptors (Lipinski definition) is 6. The number of rotatable bonds is 5. The third-order valence-corrected chi connectivity index (χ3v) is 5.79. The van der Waals surface area contributed by atoms with E-state index in [-0.39, 0.29) is 23.8 Å². The molecule has 0 radical (unpaired) electrons. The van der Waals surface area contributed by atoms with E-state index in [0.717, 1.165) is 25.2 Å². The number of anilines is 1. The Labute approximate surface area is 189 Å². The highest BCUT2D eigenvalue weighted by Crippen LogP contribution is 2.29. The van der Waals surface area contributed by atoms with Gasteiger partial charge in [0.15, 0.2) is 5.82 Å². The fraction of sp³-hybridized carbons (Fsp3) is 0.348. The Balaban J connectivity index is 1.54. The van der Waals surface area contributed by atoms with Crippen molar-refractivity contribution in [3.8, 4) is 11.4 Å². The molecule has 0 bridgehead atoms. The number of nitrogens with one attached hydrogen (secondary N) is 1. The van der Waals surface area contributed by atoms with Crippen LogP contribution in [0.3, 0.4) is 0 Å². The summed E-state index contributed by atoms with van der Waals surface area (Å²) in [5.74, 6) is 0.611. The second-order valence-electron chi connectivity index (χ2n) is 7.98. The monoisotopic (exact) mass is 456 g/mol. The fourth-order valence-corrected chi connectivity index (χ4v) is 4.03. The van der Waals surface area contributed by atoms with Gasteiger partial charge in [-0.25, -0.2) is 19.9 Å². The van der Waals surface area contributed by atoms with Crippen molar-refractivity contribution in [3.05, 3.63) is 66.2 Å². The maximum absolute atomic E-state index is 13.6. The number of likely N-dealkylation sites (tertiary alicyclic amines) is 1. The summed E-state index contributed by atoms with van der Waals surface area (Å²) in [6, 6.07) is 8.75. The summed E-state index contributed by atoms with van der Waals surface area (Å²) in [4.78, 5) is 31.5. The molecule has 0 spiro atoms. The van der Waals surface area contributed by atoms with Gasteiger partial charge in [-0.1, -0.05) is 25.1 Å². The van der Waals surface area contributed by atoms with Gasteiger partial charge in [-0.05, 0) is 30.9 Å². The van der Waals surface area contributed by atoms with Crippen LogP contribution in [-0.2, 0) is 6.18 Å². The third-order valence-electron chi connectivity index (χ3n) is 5.79. The van der Waals surface area contributed by atoms with Crippen molar-refractivity contribution in [2.45, 2.75) is 32.0 Å². The first-order chi connectivity index (χ1) is 15.8. The average molecular weight is 456 g/mol. The zero-order valence-corrected chi connectivity index (χ0v) is 18.0. The first kappa shape index (κ1) is 22.6. The molecule has 3 heterocycles. The molecule has 7 nitrogen and oxygen atoms in total. The standard InChI is InChI=1S/C23H23F3N6O/c1-15-6-4-11-32(19(15)14-31-22-29-12-16(13-30-22)23(24,25)26)21(33)18-8-3-2-7-17(18)20-27-9-5-10-28-20/h2-3,5,7-10,12-13,15,19H,4,6,11,14H2,1H3,(H,29,30,31)/t15-,19?/m1/s1. The minimum atomic E-state index is -4.49. The molecule has 0 saturated carbocycles. The third kappa shape index (κ3) is 5.10. The highest BCUT2D eigenvalue weighted by atomic mass is 19.4. The number of amides is 1. The van der Waals surface area contributed by atoms with Crippen LogP contribution >= 0.6 is 0 Å². The van der Waals surface area contributed by atoms with Crippen LogP contribution in [0.25, 0.3) is 11.4 Å². The molecule has 1 saturated heterocycles. The summed E-state index contributed by atoms with van der Waals surface area (Å²) in [6.07, 6.45) is 2.07. The second-order valence-corrected chi connectivity index (χ2v) is 7.98. The summed E-state index contributed by atoms with van der Waals surface area (Å²) in [6.45, 7) is 2.96. The van der Waals surface area contributed by atoms with Crippen molar-refractivity contribution in [3.63, 3.8) is 0 Å². The predicted molar refractivity (Wildman–Crippen MR) is 116 cm³/mol. The predicted octanol–water partition coefficient (Wildman–Crippen LogP) is 4.31. The Morgan fingerprint density at radius 1 is 1.09 bits per heavy atom. The Hall–Kier alpha value is -3.56. The maximum Gasteiger partial charge on any atom is 0.419 e. The van der Waals surface area contributed by atoms with Crippen LogP contribution in [0, 0.1) is 5.92 Å². The van der Waals surface area contributed by atoms with Crippen LogP contribution in [0.4, 0.5) is 19.1 Å². The molecule has 1 amide bonds.